The Kier molecular flexibility index (Phi) is 6.44. The maximum Gasteiger partial charge on any atom is 0.416 e. The summed E-state index contributed by atoms with van der Waals surface area (Å²) < 4.78 is 46.1. The van der Waals surface area contributed by atoms with Crippen molar-refractivity contribution in [2.75, 3.05) is 5.32 Å². The Hall–Kier alpha value is -5.26. The number of hydrogen-bond donors (Lipinski definition) is 1. The number of alkyl halides is 3. The van der Waals surface area contributed by atoms with Crippen LogP contribution in [0.1, 0.15) is 21.7 Å². The van der Waals surface area contributed by atoms with Crippen molar-refractivity contribution in [3.8, 4) is 22.8 Å². The molecule has 0 aliphatic heterocycles. The lowest BCUT2D eigenvalue weighted by Crippen LogP contribution is -2.13. The zero-order chi connectivity index (χ0) is 27.7. The fourth-order valence-electron chi connectivity index (χ4n) is 3.88. The molecule has 0 radical (unpaired) electrons. The number of amides is 1. The van der Waals surface area contributed by atoms with E-state index in [1.807, 2.05) is 43.3 Å². The molecule has 0 saturated heterocycles. The number of nitro groups is 1. The van der Waals surface area contributed by atoms with Gasteiger partial charge in [-0.25, -0.2) is 9.50 Å². The number of hydrogen-bond acceptors (Lipinski definition) is 6. The maximum absolute atomic E-state index is 13.1. The highest BCUT2D eigenvalue weighted by Gasteiger charge is 2.30. The van der Waals surface area contributed by atoms with Crippen molar-refractivity contribution in [1.82, 2.24) is 14.6 Å². The van der Waals surface area contributed by atoms with Crippen molar-refractivity contribution in [3.63, 3.8) is 0 Å². The van der Waals surface area contributed by atoms with Crippen LogP contribution in [0.4, 0.5) is 24.5 Å². The number of fused-ring (bicyclic) bond motifs is 1. The number of carbonyl (C=O) groups excluding carboxylic acids is 1. The van der Waals surface area contributed by atoms with Crippen molar-refractivity contribution >= 4 is 22.9 Å². The van der Waals surface area contributed by atoms with E-state index in [4.69, 9.17) is 4.74 Å². The maximum atomic E-state index is 13.1. The first-order valence-electron chi connectivity index (χ1n) is 11.5. The van der Waals surface area contributed by atoms with Crippen molar-refractivity contribution in [1.29, 1.82) is 0 Å². The average molecular weight is 533 g/mol. The van der Waals surface area contributed by atoms with Gasteiger partial charge < -0.3 is 10.1 Å². The molecule has 0 aliphatic carbocycles. The minimum atomic E-state index is -4.59. The van der Waals surface area contributed by atoms with Crippen LogP contribution in [0.5, 0.6) is 11.5 Å². The predicted molar refractivity (Wildman–Crippen MR) is 136 cm³/mol. The monoisotopic (exact) mass is 533 g/mol. The summed E-state index contributed by atoms with van der Waals surface area (Å²) in [6.07, 6.45) is -4.59. The zero-order valence-electron chi connectivity index (χ0n) is 20.1. The minimum Gasteiger partial charge on any atom is -0.457 e. The van der Waals surface area contributed by atoms with Crippen LogP contribution in [0.2, 0.25) is 0 Å². The summed E-state index contributed by atoms with van der Waals surface area (Å²) in [6.45, 7) is 1.81. The molecule has 0 fully saturated rings. The summed E-state index contributed by atoms with van der Waals surface area (Å²) in [5.41, 5.74) is 1.35. The van der Waals surface area contributed by atoms with Gasteiger partial charge in [0.2, 0.25) is 0 Å². The largest absolute Gasteiger partial charge is 0.457 e. The van der Waals surface area contributed by atoms with Gasteiger partial charge in [-0.1, -0.05) is 36.4 Å². The molecule has 0 unspecified atom stereocenters. The number of ether oxygens (including phenoxy) is 1. The minimum absolute atomic E-state index is 0.00247. The molecule has 9 nitrogen and oxygen atoms in total. The van der Waals surface area contributed by atoms with E-state index < -0.39 is 28.3 Å². The van der Waals surface area contributed by atoms with Gasteiger partial charge in [0.05, 0.1) is 27.9 Å². The Morgan fingerprint density at radius 3 is 2.46 bits per heavy atom. The van der Waals surface area contributed by atoms with Gasteiger partial charge in [0.1, 0.15) is 11.5 Å². The molecular weight excluding hydrogens is 515 g/mol. The molecule has 12 heteroatoms. The van der Waals surface area contributed by atoms with E-state index in [2.05, 4.69) is 15.4 Å². The first kappa shape index (κ1) is 25.4. The molecule has 0 saturated carbocycles. The number of carbonyl (C=O) groups is 1. The van der Waals surface area contributed by atoms with E-state index in [1.54, 1.807) is 0 Å². The van der Waals surface area contributed by atoms with Gasteiger partial charge in [0.25, 0.3) is 11.6 Å². The van der Waals surface area contributed by atoms with Crippen LogP contribution in [0.3, 0.4) is 0 Å². The second-order valence-corrected chi connectivity index (χ2v) is 8.50. The second-order valence-electron chi connectivity index (χ2n) is 8.50. The molecule has 1 N–H and O–H groups in total. The van der Waals surface area contributed by atoms with Gasteiger partial charge in [-0.2, -0.15) is 18.3 Å². The Morgan fingerprint density at radius 1 is 0.974 bits per heavy atom. The lowest BCUT2D eigenvalue weighted by molar-refractivity contribution is -0.384. The number of anilines is 1. The van der Waals surface area contributed by atoms with Crippen molar-refractivity contribution < 1.29 is 27.6 Å². The number of halogens is 3. The van der Waals surface area contributed by atoms with Crippen molar-refractivity contribution in [2.45, 2.75) is 13.1 Å². The normalized spacial score (nSPS) is 11.4. The Labute approximate surface area is 218 Å². The smallest absolute Gasteiger partial charge is 0.416 e. The third kappa shape index (κ3) is 5.54. The SMILES string of the molecule is Cc1cc(-c2ccccc2)nc2cc(C(=O)Nc3cc(Oc4cccc(C(F)(F)F)c4)cc([N+](=O)[O-])c3)nn12. The Balaban J connectivity index is 1.43. The van der Waals surface area contributed by atoms with Crippen LogP contribution in [-0.4, -0.2) is 25.4 Å². The van der Waals surface area contributed by atoms with E-state index in [1.165, 1.54) is 22.7 Å². The van der Waals surface area contributed by atoms with Crippen LogP contribution in [-0.2, 0) is 6.18 Å². The highest BCUT2D eigenvalue weighted by molar-refractivity contribution is 6.03. The van der Waals surface area contributed by atoms with E-state index in [0.717, 1.165) is 41.6 Å². The average Bonchev–Trinajstić information content (AvgIpc) is 3.34. The topological polar surface area (TPSA) is 112 Å². The van der Waals surface area contributed by atoms with Crippen molar-refractivity contribution in [3.05, 3.63) is 112 Å². The summed E-state index contributed by atoms with van der Waals surface area (Å²) in [4.78, 5) is 28.3. The first-order chi connectivity index (χ1) is 18.6. The predicted octanol–water partition coefficient (Wildman–Crippen LogP) is 6.68. The van der Waals surface area contributed by atoms with E-state index in [9.17, 15) is 28.1 Å². The molecule has 0 atom stereocenters. The molecule has 5 aromatic rings. The zero-order valence-corrected chi connectivity index (χ0v) is 20.1. The second kappa shape index (κ2) is 9.89. The van der Waals surface area contributed by atoms with Crippen LogP contribution in [0.25, 0.3) is 16.9 Å². The summed E-state index contributed by atoms with van der Waals surface area (Å²) >= 11 is 0. The van der Waals surface area contributed by atoms with E-state index in [0.29, 0.717) is 11.3 Å². The molecule has 0 spiro atoms. The molecular formula is C27H18F3N5O4. The molecule has 5 rings (SSSR count). The fourth-order valence-corrected chi connectivity index (χ4v) is 3.88. The van der Waals surface area contributed by atoms with Gasteiger partial charge in [-0.05, 0) is 31.2 Å². The third-order valence-corrected chi connectivity index (χ3v) is 5.66. The molecule has 2 heterocycles. The molecule has 1 amide bonds. The number of aryl methyl sites for hydroxylation is 1. The van der Waals surface area contributed by atoms with E-state index in [-0.39, 0.29) is 22.9 Å². The van der Waals surface area contributed by atoms with Gasteiger partial charge in [-0.3, -0.25) is 14.9 Å². The van der Waals surface area contributed by atoms with Crippen LogP contribution >= 0.6 is 0 Å². The highest BCUT2D eigenvalue weighted by Crippen LogP contribution is 2.34. The molecule has 39 heavy (non-hydrogen) atoms. The number of non-ortho nitro benzene ring substituents is 1. The fraction of sp³-hybridized carbons (Fsp3) is 0.0741. The lowest BCUT2D eigenvalue weighted by atomic mass is 10.1. The summed E-state index contributed by atoms with van der Waals surface area (Å²) in [7, 11) is 0. The van der Waals surface area contributed by atoms with Crippen molar-refractivity contribution in [2.24, 2.45) is 0 Å². The van der Waals surface area contributed by atoms with Gasteiger partial charge in [0, 0.05) is 29.5 Å². The van der Waals surface area contributed by atoms with Crippen LogP contribution < -0.4 is 10.1 Å². The molecule has 3 aromatic carbocycles. The molecule has 0 bridgehead atoms. The Bertz CT molecular complexity index is 1720. The quantitative estimate of drug-likeness (QED) is 0.193. The number of rotatable bonds is 6. The summed E-state index contributed by atoms with van der Waals surface area (Å²) in [5.74, 6) is -0.996. The number of nitro benzene ring substituents is 1. The van der Waals surface area contributed by atoms with E-state index >= 15 is 0 Å². The molecule has 0 aliphatic rings. The van der Waals surface area contributed by atoms with Gasteiger partial charge >= 0.3 is 6.18 Å². The number of nitrogens with zero attached hydrogens (tertiary/aromatic N) is 4. The highest BCUT2D eigenvalue weighted by atomic mass is 19.4. The molecule has 196 valence electrons. The Morgan fingerprint density at radius 2 is 1.74 bits per heavy atom. The number of nitrogens with one attached hydrogen (secondary N) is 1. The summed E-state index contributed by atoms with van der Waals surface area (Å²) in [5, 5.41) is 18.3. The summed E-state index contributed by atoms with van der Waals surface area (Å²) in [6, 6.07) is 20.3. The standard InChI is InChI=1S/C27H18F3N5O4/c1-16-10-23(17-6-3-2-4-7-17)32-25-15-24(33-34(16)25)26(36)31-19-12-20(35(37)38)14-22(13-19)39-21-9-5-8-18(11-21)27(28,29)30/h2-15H,1H3,(H,31,36). The number of benzene rings is 3. The number of aromatic nitrogens is 3. The third-order valence-electron chi connectivity index (χ3n) is 5.66. The molecule has 2 aromatic heterocycles. The lowest BCUT2D eigenvalue weighted by Gasteiger charge is -2.11. The van der Waals surface area contributed by atoms with Crippen LogP contribution in [0, 0.1) is 17.0 Å². The van der Waals surface area contributed by atoms with Gasteiger partial charge in [-0.15, -0.1) is 0 Å². The van der Waals surface area contributed by atoms with Crippen LogP contribution in [0.15, 0.2) is 84.9 Å². The first-order valence-corrected chi connectivity index (χ1v) is 11.5. The van der Waals surface area contributed by atoms with Gasteiger partial charge in [0.15, 0.2) is 11.3 Å².